The van der Waals surface area contributed by atoms with Gasteiger partial charge in [0.15, 0.2) is 0 Å². The van der Waals surface area contributed by atoms with Gasteiger partial charge < -0.3 is 0 Å². The lowest BCUT2D eigenvalue weighted by atomic mass is 9.95. The van der Waals surface area contributed by atoms with Crippen LogP contribution in [0.5, 0.6) is 0 Å². The molecule has 2 heteroatoms. The summed E-state index contributed by atoms with van der Waals surface area (Å²) < 4.78 is 0. The van der Waals surface area contributed by atoms with E-state index in [2.05, 4.69) is 56.9 Å². The Kier molecular flexibility index (Phi) is 2.85. The molecule has 0 saturated heterocycles. The van der Waals surface area contributed by atoms with Crippen molar-refractivity contribution < 1.29 is 0 Å². The minimum atomic E-state index is 0.230. The van der Waals surface area contributed by atoms with E-state index in [0.717, 1.165) is 5.69 Å². The first-order valence-electron chi connectivity index (χ1n) is 5.50. The van der Waals surface area contributed by atoms with Gasteiger partial charge in [0.05, 0.1) is 10.6 Å². The Morgan fingerprint density at radius 3 is 2.31 bits per heavy atom. The van der Waals surface area contributed by atoms with E-state index in [4.69, 9.17) is 0 Å². The third-order valence-corrected chi connectivity index (χ3v) is 4.04. The van der Waals surface area contributed by atoms with E-state index in [1.807, 2.05) is 17.5 Å². The van der Waals surface area contributed by atoms with Crippen LogP contribution in [0.2, 0.25) is 0 Å². The Bertz CT molecular complexity index is 474. The van der Waals surface area contributed by atoms with Crippen LogP contribution in [-0.2, 0) is 5.41 Å². The molecule has 0 aliphatic carbocycles. The normalized spacial score (nSPS) is 11.8. The molecule has 2 aromatic heterocycles. The summed E-state index contributed by atoms with van der Waals surface area (Å²) in [5.74, 6) is 0. The number of aromatic nitrogens is 1. The number of rotatable bonds is 1. The van der Waals surface area contributed by atoms with E-state index in [1.54, 1.807) is 0 Å². The van der Waals surface area contributed by atoms with Crippen molar-refractivity contribution in [3.8, 4) is 10.6 Å². The molecule has 16 heavy (non-hydrogen) atoms. The van der Waals surface area contributed by atoms with Crippen molar-refractivity contribution in [3.05, 3.63) is 40.9 Å². The van der Waals surface area contributed by atoms with Gasteiger partial charge in [0.25, 0.3) is 0 Å². The zero-order valence-corrected chi connectivity index (χ0v) is 11.1. The quantitative estimate of drug-likeness (QED) is 0.708. The fourth-order valence-electron chi connectivity index (χ4n) is 1.49. The molecule has 0 fully saturated rings. The third-order valence-electron chi connectivity index (χ3n) is 2.51. The molecule has 0 spiro atoms. The summed E-state index contributed by atoms with van der Waals surface area (Å²) in [6, 6.07) is 8.58. The molecular weight excluding hydrogens is 214 g/mol. The number of nitrogens with zero attached hydrogens (tertiary/aromatic N) is 1. The molecule has 0 atom stereocenters. The first-order valence-corrected chi connectivity index (χ1v) is 6.32. The van der Waals surface area contributed by atoms with Crippen molar-refractivity contribution in [1.29, 1.82) is 0 Å². The SMILES string of the molecule is Cc1ccc(-c2ccc(C(C)(C)C)s2)nc1. The van der Waals surface area contributed by atoms with E-state index in [0.29, 0.717) is 0 Å². The van der Waals surface area contributed by atoms with Crippen LogP contribution < -0.4 is 0 Å². The predicted molar refractivity (Wildman–Crippen MR) is 71.0 cm³/mol. The number of hydrogen-bond acceptors (Lipinski definition) is 2. The van der Waals surface area contributed by atoms with Crippen LogP contribution >= 0.6 is 11.3 Å². The lowest BCUT2D eigenvalue weighted by Gasteiger charge is -2.15. The monoisotopic (exact) mass is 231 g/mol. The number of aryl methyl sites for hydroxylation is 1. The molecule has 0 aliphatic heterocycles. The Labute approximate surface area is 101 Å². The molecule has 0 unspecified atom stereocenters. The van der Waals surface area contributed by atoms with Crippen LogP contribution in [0.15, 0.2) is 30.5 Å². The third kappa shape index (κ3) is 2.33. The van der Waals surface area contributed by atoms with Crippen LogP contribution in [0.4, 0.5) is 0 Å². The maximum absolute atomic E-state index is 4.45. The lowest BCUT2D eigenvalue weighted by molar-refractivity contribution is 0.604. The molecule has 0 N–H and O–H groups in total. The summed E-state index contributed by atoms with van der Waals surface area (Å²) in [5, 5.41) is 0. The number of pyridine rings is 1. The fourth-order valence-corrected chi connectivity index (χ4v) is 2.53. The first kappa shape index (κ1) is 11.3. The molecule has 0 amide bonds. The molecule has 0 bridgehead atoms. The van der Waals surface area contributed by atoms with Gasteiger partial charge in [-0.05, 0) is 36.1 Å². The Morgan fingerprint density at radius 2 is 1.81 bits per heavy atom. The Morgan fingerprint density at radius 1 is 1.06 bits per heavy atom. The standard InChI is InChI=1S/C14H17NS/c1-10-5-6-11(15-9-10)12-7-8-13(16-12)14(2,3)4/h5-9H,1-4H3. The van der Waals surface area contributed by atoms with Crippen molar-refractivity contribution in [2.75, 3.05) is 0 Å². The minimum absolute atomic E-state index is 0.230. The minimum Gasteiger partial charge on any atom is -0.255 e. The largest absolute Gasteiger partial charge is 0.255 e. The fraction of sp³-hybridized carbons (Fsp3) is 0.357. The van der Waals surface area contributed by atoms with E-state index in [1.165, 1.54) is 15.3 Å². The van der Waals surface area contributed by atoms with E-state index in [-0.39, 0.29) is 5.41 Å². The van der Waals surface area contributed by atoms with E-state index >= 15 is 0 Å². The molecule has 2 aromatic rings. The highest BCUT2D eigenvalue weighted by Crippen LogP contribution is 2.34. The number of hydrogen-bond donors (Lipinski definition) is 0. The molecule has 0 aliphatic rings. The van der Waals surface area contributed by atoms with Crippen molar-refractivity contribution in [2.45, 2.75) is 33.1 Å². The summed E-state index contributed by atoms with van der Waals surface area (Å²) in [6.07, 6.45) is 1.92. The van der Waals surface area contributed by atoms with E-state index in [9.17, 15) is 0 Å². The molecule has 1 nitrogen and oxygen atoms in total. The molecule has 0 aromatic carbocycles. The Hall–Kier alpha value is -1.15. The second kappa shape index (κ2) is 4.02. The molecule has 0 radical (unpaired) electrons. The van der Waals surface area contributed by atoms with Gasteiger partial charge in [-0.3, -0.25) is 4.98 Å². The summed E-state index contributed by atoms with van der Waals surface area (Å²) >= 11 is 1.84. The maximum atomic E-state index is 4.45. The summed E-state index contributed by atoms with van der Waals surface area (Å²) in [6.45, 7) is 8.79. The van der Waals surface area contributed by atoms with Crippen LogP contribution in [0, 0.1) is 6.92 Å². The van der Waals surface area contributed by atoms with Gasteiger partial charge in [0.2, 0.25) is 0 Å². The molecule has 2 rings (SSSR count). The first-order chi connectivity index (χ1) is 7.47. The van der Waals surface area contributed by atoms with Gasteiger partial charge in [-0.25, -0.2) is 0 Å². The van der Waals surface area contributed by atoms with Gasteiger partial charge in [-0.1, -0.05) is 26.8 Å². The van der Waals surface area contributed by atoms with Gasteiger partial charge in [-0.2, -0.15) is 0 Å². The van der Waals surface area contributed by atoms with Crippen LogP contribution in [0.1, 0.15) is 31.2 Å². The highest BCUT2D eigenvalue weighted by atomic mass is 32.1. The number of thiophene rings is 1. The zero-order valence-electron chi connectivity index (χ0n) is 10.2. The average Bonchev–Trinajstić information content (AvgIpc) is 2.67. The van der Waals surface area contributed by atoms with Gasteiger partial charge >= 0.3 is 0 Å². The van der Waals surface area contributed by atoms with Gasteiger partial charge in [0.1, 0.15) is 0 Å². The zero-order chi connectivity index (χ0) is 11.8. The van der Waals surface area contributed by atoms with Crippen molar-refractivity contribution in [2.24, 2.45) is 0 Å². The average molecular weight is 231 g/mol. The van der Waals surface area contributed by atoms with Crippen molar-refractivity contribution >= 4 is 11.3 Å². The van der Waals surface area contributed by atoms with Gasteiger partial charge in [-0.15, -0.1) is 11.3 Å². The second-order valence-corrected chi connectivity index (χ2v) is 6.22. The summed E-state index contributed by atoms with van der Waals surface area (Å²) in [5.41, 5.74) is 2.51. The molecule has 0 saturated carbocycles. The highest BCUT2D eigenvalue weighted by Gasteiger charge is 2.16. The van der Waals surface area contributed by atoms with Crippen molar-refractivity contribution in [1.82, 2.24) is 4.98 Å². The lowest BCUT2D eigenvalue weighted by Crippen LogP contribution is -2.07. The van der Waals surface area contributed by atoms with Gasteiger partial charge in [0, 0.05) is 11.1 Å². The van der Waals surface area contributed by atoms with Crippen molar-refractivity contribution in [3.63, 3.8) is 0 Å². The summed E-state index contributed by atoms with van der Waals surface area (Å²) in [4.78, 5) is 7.12. The smallest absolute Gasteiger partial charge is 0.0801 e. The summed E-state index contributed by atoms with van der Waals surface area (Å²) in [7, 11) is 0. The predicted octanol–water partition coefficient (Wildman–Crippen LogP) is 4.42. The van der Waals surface area contributed by atoms with Crippen LogP contribution in [0.3, 0.4) is 0 Å². The highest BCUT2D eigenvalue weighted by molar-refractivity contribution is 7.15. The molecule has 2 heterocycles. The topological polar surface area (TPSA) is 12.9 Å². The van der Waals surface area contributed by atoms with Crippen LogP contribution in [-0.4, -0.2) is 4.98 Å². The van der Waals surface area contributed by atoms with E-state index < -0.39 is 0 Å². The maximum Gasteiger partial charge on any atom is 0.0801 e. The molecular formula is C14H17NS. The Balaban J connectivity index is 2.35. The molecule has 84 valence electrons. The van der Waals surface area contributed by atoms with Crippen LogP contribution in [0.25, 0.3) is 10.6 Å². The second-order valence-electron chi connectivity index (χ2n) is 5.13.